The quantitative estimate of drug-likeness (QED) is 0.591. The molecule has 1 aliphatic rings. The molecule has 0 spiro atoms. The minimum Gasteiger partial charge on any atom is -0.391 e. The van der Waals surface area contributed by atoms with E-state index in [0.29, 0.717) is 5.75 Å². The standard InChI is InChI=1S/C8H12N4O3S/c9-5-1-2-12(7(14)11-5)6-3-16-8(10,4-13)15-6/h1-2,6,13H,3-4,10H2,(H2,9,11,14)/t6-,8-/m0/s1. The van der Waals surface area contributed by atoms with E-state index in [2.05, 4.69) is 4.98 Å². The highest BCUT2D eigenvalue weighted by atomic mass is 32.2. The maximum Gasteiger partial charge on any atom is 0.351 e. The van der Waals surface area contributed by atoms with Crippen LogP contribution < -0.4 is 17.2 Å². The number of hydrogen-bond donors (Lipinski definition) is 3. The number of ether oxygens (including phenoxy) is 1. The number of anilines is 1. The van der Waals surface area contributed by atoms with Crippen LogP contribution >= 0.6 is 11.8 Å². The summed E-state index contributed by atoms with van der Waals surface area (Å²) in [5.74, 6) is 0.635. The third-order valence-corrected chi connectivity index (χ3v) is 3.35. The van der Waals surface area contributed by atoms with Crippen LogP contribution in [-0.2, 0) is 4.74 Å². The summed E-state index contributed by atoms with van der Waals surface area (Å²) >= 11 is 1.25. The van der Waals surface area contributed by atoms with Crippen LogP contribution in [0.4, 0.5) is 5.82 Å². The zero-order chi connectivity index (χ0) is 11.8. The number of nitrogens with zero attached hydrogens (tertiary/aromatic N) is 2. The number of rotatable bonds is 2. The zero-order valence-corrected chi connectivity index (χ0v) is 9.18. The predicted molar refractivity (Wildman–Crippen MR) is 59.5 cm³/mol. The summed E-state index contributed by atoms with van der Waals surface area (Å²) in [6.07, 6.45) is 0.974. The first-order chi connectivity index (χ1) is 7.54. The van der Waals surface area contributed by atoms with Crippen LogP contribution in [-0.4, -0.2) is 32.1 Å². The lowest BCUT2D eigenvalue weighted by atomic mass is 10.5. The Kier molecular flexibility index (Phi) is 2.89. The van der Waals surface area contributed by atoms with Gasteiger partial charge in [0.1, 0.15) is 5.82 Å². The first kappa shape index (κ1) is 11.4. The third kappa shape index (κ3) is 2.05. The Morgan fingerprint density at radius 1 is 1.81 bits per heavy atom. The summed E-state index contributed by atoms with van der Waals surface area (Å²) < 4.78 is 6.68. The van der Waals surface area contributed by atoms with Crippen LogP contribution in [0.1, 0.15) is 6.23 Å². The van der Waals surface area contributed by atoms with E-state index in [4.69, 9.17) is 21.3 Å². The van der Waals surface area contributed by atoms with Crippen molar-refractivity contribution in [1.82, 2.24) is 9.55 Å². The number of thioether (sulfide) groups is 1. The molecule has 1 fully saturated rings. The molecule has 7 nitrogen and oxygen atoms in total. The normalized spacial score (nSPS) is 29.5. The van der Waals surface area contributed by atoms with Crippen molar-refractivity contribution in [2.24, 2.45) is 5.73 Å². The monoisotopic (exact) mass is 244 g/mol. The molecule has 1 aliphatic heterocycles. The maximum absolute atomic E-state index is 11.5. The van der Waals surface area contributed by atoms with Crippen LogP contribution in [0.15, 0.2) is 17.1 Å². The topological polar surface area (TPSA) is 116 Å². The number of aliphatic hydroxyl groups excluding tert-OH is 1. The van der Waals surface area contributed by atoms with Crippen LogP contribution in [0, 0.1) is 0 Å². The molecule has 8 heteroatoms. The van der Waals surface area contributed by atoms with Gasteiger partial charge in [-0.25, -0.2) is 4.79 Å². The van der Waals surface area contributed by atoms with Crippen LogP contribution in [0.25, 0.3) is 0 Å². The van der Waals surface area contributed by atoms with E-state index in [-0.39, 0.29) is 12.4 Å². The van der Waals surface area contributed by atoms with Crippen molar-refractivity contribution < 1.29 is 9.84 Å². The molecule has 2 rings (SSSR count). The molecule has 16 heavy (non-hydrogen) atoms. The Morgan fingerprint density at radius 2 is 2.56 bits per heavy atom. The fourth-order valence-corrected chi connectivity index (χ4v) is 2.30. The number of aliphatic hydroxyl groups is 1. The van der Waals surface area contributed by atoms with E-state index in [1.807, 2.05) is 0 Å². The fraction of sp³-hybridized carbons (Fsp3) is 0.500. The minimum atomic E-state index is -1.15. The van der Waals surface area contributed by atoms with Gasteiger partial charge in [-0.3, -0.25) is 10.3 Å². The van der Waals surface area contributed by atoms with Gasteiger partial charge < -0.3 is 15.6 Å². The van der Waals surface area contributed by atoms with Gasteiger partial charge in [0, 0.05) is 11.9 Å². The Labute approximate surface area is 95.4 Å². The van der Waals surface area contributed by atoms with Gasteiger partial charge in [0.2, 0.25) is 0 Å². The first-order valence-electron chi connectivity index (χ1n) is 4.60. The molecule has 2 atom stereocenters. The van der Waals surface area contributed by atoms with Crippen molar-refractivity contribution in [2.45, 2.75) is 11.3 Å². The summed E-state index contributed by atoms with van der Waals surface area (Å²) in [6.45, 7) is -0.314. The molecular formula is C8H12N4O3S. The maximum atomic E-state index is 11.5. The number of nitrogen functional groups attached to an aromatic ring is 1. The van der Waals surface area contributed by atoms with Gasteiger partial charge in [-0.1, -0.05) is 0 Å². The third-order valence-electron chi connectivity index (χ3n) is 2.19. The van der Waals surface area contributed by atoms with Crippen LogP contribution in [0.3, 0.4) is 0 Å². The SMILES string of the molecule is Nc1ccn([C@@H]2CS[C@](N)(CO)O2)c(=O)n1. The minimum absolute atomic E-state index is 0.160. The van der Waals surface area contributed by atoms with E-state index in [1.165, 1.54) is 28.6 Å². The van der Waals surface area contributed by atoms with Gasteiger partial charge in [-0.2, -0.15) is 4.98 Å². The Bertz CT molecular complexity index is 451. The highest BCUT2D eigenvalue weighted by Gasteiger charge is 2.38. The number of nitrogens with two attached hydrogens (primary N) is 2. The Morgan fingerprint density at radius 3 is 3.12 bits per heavy atom. The second kappa shape index (κ2) is 4.06. The van der Waals surface area contributed by atoms with E-state index in [0.717, 1.165) is 0 Å². The van der Waals surface area contributed by atoms with E-state index >= 15 is 0 Å². The molecule has 1 aromatic heterocycles. The molecule has 1 saturated heterocycles. The van der Waals surface area contributed by atoms with E-state index in [9.17, 15) is 4.79 Å². The Balaban J connectivity index is 2.24. The number of hydrogen-bond acceptors (Lipinski definition) is 7. The lowest BCUT2D eigenvalue weighted by Crippen LogP contribution is -2.41. The van der Waals surface area contributed by atoms with Gasteiger partial charge in [-0.05, 0) is 6.07 Å². The van der Waals surface area contributed by atoms with Crippen molar-refractivity contribution in [1.29, 1.82) is 0 Å². The second-order valence-corrected chi connectivity index (χ2v) is 4.71. The van der Waals surface area contributed by atoms with Gasteiger partial charge in [0.15, 0.2) is 11.3 Å². The molecule has 0 amide bonds. The smallest absolute Gasteiger partial charge is 0.351 e. The Hall–Kier alpha value is -1.09. The molecule has 0 saturated carbocycles. The molecule has 0 aliphatic carbocycles. The van der Waals surface area contributed by atoms with Gasteiger partial charge in [-0.15, -0.1) is 11.8 Å². The second-order valence-electron chi connectivity index (χ2n) is 3.40. The van der Waals surface area contributed by atoms with E-state index in [1.54, 1.807) is 0 Å². The van der Waals surface area contributed by atoms with Crippen molar-refractivity contribution in [3.8, 4) is 0 Å². The molecule has 0 radical (unpaired) electrons. The zero-order valence-electron chi connectivity index (χ0n) is 8.37. The molecule has 1 aromatic rings. The highest BCUT2D eigenvalue weighted by Crippen LogP contribution is 2.36. The fourth-order valence-electron chi connectivity index (χ4n) is 1.38. The van der Waals surface area contributed by atoms with Crippen molar-refractivity contribution in [3.05, 3.63) is 22.7 Å². The van der Waals surface area contributed by atoms with Crippen molar-refractivity contribution >= 4 is 17.6 Å². The summed E-state index contributed by atoms with van der Waals surface area (Å²) in [5, 5.41) is 7.86. The van der Waals surface area contributed by atoms with Crippen LogP contribution in [0.2, 0.25) is 0 Å². The van der Waals surface area contributed by atoms with Gasteiger partial charge >= 0.3 is 5.69 Å². The predicted octanol–water partition coefficient (Wildman–Crippen LogP) is -1.31. The van der Waals surface area contributed by atoms with E-state index < -0.39 is 17.0 Å². The lowest BCUT2D eigenvalue weighted by molar-refractivity contribution is -0.0674. The average Bonchev–Trinajstić information content (AvgIpc) is 2.62. The van der Waals surface area contributed by atoms with Crippen molar-refractivity contribution in [3.63, 3.8) is 0 Å². The molecule has 2 heterocycles. The van der Waals surface area contributed by atoms with Crippen molar-refractivity contribution in [2.75, 3.05) is 18.1 Å². The molecule has 88 valence electrons. The molecule has 5 N–H and O–H groups in total. The highest BCUT2D eigenvalue weighted by molar-refractivity contribution is 8.00. The summed E-state index contributed by atoms with van der Waals surface area (Å²) in [5.41, 5.74) is 10.6. The average molecular weight is 244 g/mol. The number of aromatic nitrogens is 2. The summed E-state index contributed by atoms with van der Waals surface area (Å²) in [6, 6.07) is 1.50. The molecular weight excluding hydrogens is 232 g/mol. The largest absolute Gasteiger partial charge is 0.391 e. The summed E-state index contributed by atoms with van der Waals surface area (Å²) in [4.78, 5) is 15.1. The molecule has 0 unspecified atom stereocenters. The van der Waals surface area contributed by atoms with Gasteiger partial charge in [0.25, 0.3) is 0 Å². The van der Waals surface area contributed by atoms with Gasteiger partial charge in [0.05, 0.1) is 6.61 Å². The van der Waals surface area contributed by atoms with Crippen LogP contribution in [0.5, 0.6) is 0 Å². The lowest BCUT2D eigenvalue weighted by Gasteiger charge is -2.20. The molecule has 0 aromatic carbocycles. The summed E-state index contributed by atoms with van der Waals surface area (Å²) in [7, 11) is 0. The molecule has 0 bridgehead atoms. The first-order valence-corrected chi connectivity index (χ1v) is 5.59.